The number of pyridine rings is 1. The number of hydrogen-bond acceptors (Lipinski definition) is 5. The molecule has 1 saturated carbocycles. The van der Waals surface area contributed by atoms with Crippen molar-refractivity contribution in [2.24, 2.45) is 11.8 Å². The van der Waals surface area contributed by atoms with Gasteiger partial charge in [0, 0.05) is 23.2 Å². The average molecular weight is 455 g/mol. The Balaban J connectivity index is 1.29. The first-order valence-corrected chi connectivity index (χ1v) is 12.0. The van der Waals surface area contributed by atoms with Crippen molar-refractivity contribution in [2.75, 3.05) is 12.4 Å². The summed E-state index contributed by atoms with van der Waals surface area (Å²) in [7, 11) is 1.66. The normalized spacial score (nSPS) is 18.1. The van der Waals surface area contributed by atoms with Crippen LogP contribution in [0.1, 0.15) is 49.4 Å². The highest BCUT2D eigenvalue weighted by Crippen LogP contribution is 2.31. The number of Topliss-reactive ketones (excluding diaryl/α,β-unsaturated/α-hetero) is 1. The first-order chi connectivity index (χ1) is 16.6. The van der Waals surface area contributed by atoms with Crippen molar-refractivity contribution in [3.63, 3.8) is 0 Å². The first kappa shape index (κ1) is 22.1. The van der Waals surface area contributed by atoms with E-state index in [2.05, 4.69) is 22.3 Å². The van der Waals surface area contributed by atoms with Gasteiger partial charge < -0.3 is 10.1 Å². The summed E-state index contributed by atoms with van der Waals surface area (Å²) in [6.45, 7) is 2.31. The zero-order chi connectivity index (χ0) is 23.5. The molecule has 1 N–H and O–H groups in total. The minimum Gasteiger partial charge on any atom is -0.497 e. The highest BCUT2D eigenvalue weighted by molar-refractivity contribution is 5.96. The lowest BCUT2D eigenvalue weighted by Gasteiger charge is -2.25. The average Bonchev–Trinajstić information content (AvgIpc) is 3.28. The fourth-order valence-electron chi connectivity index (χ4n) is 4.72. The highest BCUT2D eigenvalue weighted by atomic mass is 16.5. The molecule has 2 aromatic carbocycles. The fraction of sp³-hybridized carbons (Fsp3) is 0.321. The lowest BCUT2D eigenvalue weighted by atomic mass is 9.80. The zero-order valence-corrected chi connectivity index (χ0v) is 19.7. The quantitative estimate of drug-likeness (QED) is 0.321. The lowest BCUT2D eigenvalue weighted by molar-refractivity contribution is 0.0944. The van der Waals surface area contributed by atoms with Crippen molar-refractivity contribution in [1.82, 2.24) is 14.6 Å². The van der Waals surface area contributed by atoms with Crippen LogP contribution in [0.2, 0.25) is 0 Å². The first-order valence-electron chi connectivity index (χ1n) is 12.0. The van der Waals surface area contributed by atoms with Gasteiger partial charge >= 0.3 is 0 Å². The number of benzene rings is 2. The highest BCUT2D eigenvalue weighted by Gasteiger charge is 2.21. The second kappa shape index (κ2) is 9.67. The van der Waals surface area contributed by atoms with Crippen LogP contribution in [0.3, 0.4) is 0 Å². The third-order valence-electron chi connectivity index (χ3n) is 6.82. The molecule has 174 valence electrons. The second-order valence-electron chi connectivity index (χ2n) is 9.30. The molecule has 2 aromatic heterocycles. The maximum Gasteiger partial charge on any atom is 0.247 e. The molecule has 1 aliphatic rings. The monoisotopic (exact) mass is 454 g/mol. The van der Waals surface area contributed by atoms with E-state index in [1.807, 2.05) is 71.2 Å². The van der Waals surface area contributed by atoms with Crippen LogP contribution in [-0.2, 0) is 0 Å². The molecule has 1 aliphatic carbocycles. The van der Waals surface area contributed by atoms with E-state index in [1.165, 1.54) is 25.7 Å². The number of carbonyl (C=O) groups is 1. The van der Waals surface area contributed by atoms with Crippen LogP contribution in [0.25, 0.3) is 16.9 Å². The largest absolute Gasteiger partial charge is 0.497 e. The lowest BCUT2D eigenvalue weighted by Crippen LogP contribution is -2.16. The van der Waals surface area contributed by atoms with E-state index in [1.54, 1.807) is 7.11 Å². The molecule has 2 heterocycles. The molecule has 0 radical (unpaired) electrons. The molecule has 0 unspecified atom stereocenters. The Morgan fingerprint density at radius 3 is 2.44 bits per heavy atom. The minimum atomic E-state index is 0.237. The number of fused-ring (bicyclic) bond motifs is 1. The summed E-state index contributed by atoms with van der Waals surface area (Å²) in [4.78, 5) is 17.4. The molecule has 5 rings (SSSR count). The van der Waals surface area contributed by atoms with Crippen LogP contribution in [0, 0.1) is 11.8 Å². The third kappa shape index (κ3) is 4.81. The molecule has 6 heteroatoms. The number of methoxy groups -OCH3 is 1. The standard InChI is InChI=1S/C28H30N4O2/c1-19-6-8-20(9-7-19)18-26(33)22-10-14-23(15-11-22)29-28-30-27-5-3-4-25(32(27)31-28)21-12-16-24(34-2)17-13-21/h3-5,10-17,19-20H,6-9,18H2,1-2H3,(H,29,31). The molecule has 4 aromatic rings. The van der Waals surface area contributed by atoms with E-state index in [-0.39, 0.29) is 5.78 Å². The number of carbonyl (C=O) groups excluding carboxylic acids is 1. The Morgan fingerprint density at radius 1 is 1.00 bits per heavy atom. The predicted octanol–water partition coefficient (Wildman–Crippen LogP) is 6.55. The molecule has 0 amide bonds. The van der Waals surface area contributed by atoms with Crippen LogP contribution >= 0.6 is 0 Å². The summed E-state index contributed by atoms with van der Waals surface area (Å²) in [5, 5.41) is 7.93. The van der Waals surface area contributed by atoms with E-state index in [4.69, 9.17) is 4.74 Å². The van der Waals surface area contributed by atoms with Gasteiger partial charge in [-0.25, -0.2) is 4.52 Å². The number of ketones is 1. The molecular weight excluding hydrogens is 424 g/mol. The van der Waals surface area contributed by atoms with Gasteiger partial charge in [-0.15, -0.1) is 5.10 Å². The minimum absolute atomic E-state index is 0.237. The Labute approximate surface area is 200 Å². The number of ether oxygens (including phenoxy) is 1. The molecule has 0 atom stereocenters. The zero-order valence-electron chi connectivity index (χ0n) is 19.7. The maximum absolute atomic E-state index is 12.7. The van der Waals surface area contributed by atoms with Gasteiger partial charge in [-0.05, 0) is 85.3 Å². The van der Waals surface area contributed by atoms with Gasteiger partial charge in [0.15, 0.2) is 11.4 Å². The molecule has 6 nitrogen and oxygen atoms in total. The van der Waals surface area contributed by atoms with Gasteiger partial charge in [0.2, 0.25) is 5.95 Å². The summed E-state index contributed by atoms with van der Waals surface area (Å²) in [5.74, 6) is 2.89. The van der Waals surface area contributed by atoms with Crippen LogP contribution in [-0.4, -0.2) is 27.5 Å². The Bertz CT molecular complexity index is 1270. The van der Waals surface area contributed by atoms with E-state index >= 15 is 0 Å². The van der Waals surface area contributed by atoms with Crippen molar-refractivity contribution < 1.29 is 9.53 Å². The van der Waals surface area contributed by atoms with Crippen molar-refractivity contribution in [2.45, 2.75) is 39.0 Å². The summed E-state index contributed by atoms with van der Waals surface area (Å²) in [5.41, 5.74) is 4.35. The summed E-state index contributed by atoms with van der Waals surface area (Å²) in [6, 6.07) is 21.4. The molecule has 0 saturated heterocycles. The Kier molecular flexibility index (Phi) is 6.30. The molecule has 0 bridgehead atoms. The summed E-state index contributed by atoms with van der Waals surface area (Å²) < 4.78 is 7.09. The molecular formula is C28H30N4O2. The van der Waals surface area contributed by atoms with Gasteiger partial charge in [-0.2, -0.15) is 4.98 Å². The number of rotatable bonds is 7. The van der Waals surface area contributed by atoms with Gasteiger partial charge in [0.1, 0.15) is 5.75 Å². The van der Waals surface area contributed by atoms with Crippen molar-refractivity contribution in [3.8, 4) is 17.0 Å². The number of nitrogens with one attached hydrogen (secondary N) is 1. The molecule has 0 spiro atoms. The van der Waals surface area contributed by atoms with Crippen molar-refractivity contribution >= 4 is 23.1 Å². The number of aromatic nitrogens is 3. The van der Waals surface area contributed by atoms with Gasteiger partial charge in [0.05, 0.1) is 12.8 Å². The summed E-state index contributed by atoms with van der Waals surface area (Å²) in [6.07, 6.45) is 5.48. The SMILES string of the molecule is COc1ccc(-c2cccc3nc(Nc4ccc(C(=O)CC5CCC(C)CC5)cc4)nn23)cc1. The Hall–Kier alpha value is -3.67. The topological polar surface area (TPSA) is 68.5 Å². The predicted molar refractivity (Wildman–Crippen MR) is 135 cm³/mol. The van der Waals surface area contributed by atoms with E-state index < -0.39 is 0 Å². The maximum atomic E-state index is 12.7. The Morgan fingerprint density at radius 2 is 1.74 bits per heavy atom. The van der Waals surface area contributed by atoms with Crippen LogP contribution in [0.4, 0.5) is 11.6 Å². The van der Waals surface area contributed by atoms with Gasteiger partial charge in [0.25, 0.3) is 0 Å². The van der Waals surface area contributed by atoms with Crippen LogP contribution < -0.4 is 10.1 Å². The van der Waals surface area contributed by atoms with Crippen LogP contribution in [0.5, 0.6) is 5.75 Å². The number of anilines is 2. The molecule has 1 fully saturated rings. The van der Waals surface area contributed by atoms with E-state index in [0.29, 0.717) is 18.3 Å². The molecule has 34 heavy (non-hydrogen) atoms. The van der Waals surface area contributed by atoms with Gasteiger partial charge in [-0.1, -0.05) is 25.8 Å². The second-order valence-corrected chi connectivity index (χ2v) is 9.30. The van der Waals surface area contributed by atoms with Gasteiger partial charge in [-0.3, -0.25) is 4.79 Å². The smallest absolute Gasteiger partial charge is 0.247 e. The summed E-state index contributed by atoms with van der Waals surface area (Å²) >= 11 is 0. The molecule has 0 aliphatic heterocycles. The van der Waals surface area contributed by atoms with Crippen molar-refractivity contribution in [3.05, 3.63) is 72.3 Å². The van der Waals surface area contributed by atoms with Crippen LogP contribution in [0.15, 0.2) is 66.7 Å². The fourth-order valence-corrected chi connectivity index (χ4v) is 4.72. The number of hydrogen-bond donors (Lipinski definition) is 1. The number of nitrogens with zero attached hydrogens (tertiary/aromatic N) is 3. The van der Waals surface area contributed by atoms with E-state index in [9.17, 15) is 4.79 Å². The third-order valence-corrected chi connectivity index (χ3v) is 6.82. The van der Waals surface area contributed by atoms with Crippen molar-refractivity contribution in [1.29, 1.82) is 0 Å². The van der Waals surface area contributed by atoms with E-state index in [0.717, 1.165) is 39.8 Å².